The summed E-state index contributed by atoms with van der Waals surface area (Å²) in [6, 6.07) is 19.3. The van der Waals surface area contributed by atoms with E-state index in [1.807, 2.05) is 13.8 Å². The molecule has 3 aromatic rings. The lowest BCUT2D eigenvalue weighted by Gasteiger charge is -2.37. The van der Waals surface area contributed by atoms with Crippen molar-refractivity contribution in [3.05, 3.63) is 54.6 Å². The van der Waals surface area contributed by atoms with Crippen molar-refractivity contribution in [1.82, 2.24) is 0 Å². The summed E-state index contributed by atoms with van der Waals surface area (Å²) < 4.78 is 5.96. The molecule has 0 fully saturated rings. The van der Waals surface area contributed by atoms with E-state index in [2.05, 4.69) is 54.6 Å². The Bertz CT molecular complexity index is 967. The quantitative estimate of drug-likeness (QED) is 0.566. The van der Waals surface area contributed by atoms with Gasteiger partial charge in [0.25, 0.3) is 0 Å². The Morgan fingerprint density at radius 1 is 0.800 bits per heavy atom. The van der Waals surface area contributed by atoms with Gasteiger partial charge in [0.1, 0.15) is 0 Å². The second-order valence-corrected chi connectivity index (χ2v) is 7.82. The number of benzene rings is 3. The molecule has 1 N–H and O–H groups in total. The molecule has 0 heterocycles. The standard InChI is InChI=1S/C22H22BO2/c1-21(2,24)22(3,4)25-23-15-12-14-8-7-11-18-16-9-5-6-10-17(16)19(13-15)20(14)18/h5-13,24H,1-4H3. The minimum Gasteiger partial charge on any atom is -0.427 e. The van der Waals surface area contributed by atoms with Crippen LogP contribution in [0.15, 0.2) is 54.6 Å². The summed E-state index contributed by atoms with van der Waals surface area (Å²) >= 11 is 0. The lowest BCUT2D eigenvalue weighted by molar-refractivity contribution is -0.0893. The van der Waals surface area contributed by atoms with Crippen LogP contribution in [0.4, 0.5) is 0 Å². The molecule has 1 radical (unpaired) electrons. The predicted molar refractivity (Wildman–Crippen MR) is 105 cm³/mol. The summed E-state index contributed by atoms with van der Waals surface area (Å²) in [4.78, 5) is 0. The number of rotatable bonds is 4. The lowest BCUT2D eigenvalue weighted by Crippen LogP contribution is -2.49. The van der Waals surface area contributed by atoms with Crippen molar-refractivity contribution in [3.8, 4) is 22.3 Å². The average Bonchev–Trinajstić information content (AvgIpc) is 2.89. The molecule has 1 aliphatic rings. The first kappa shape index (κ1) is 16.4. The van der Waals surface area contributed by atoms with Gasteiger partial charge >= 0.3 is 7.48 Å². The second-order valence-electron chi connectivity index (χ2n) is 7.82. The van der Waals surface area contributed by atoms with Gasteiger partial charge in [0.05, 0.1) is 11.2 Å². The van der Waals surface area contributed by atoms with Gasteiger partial charge in [-0.05, 0) is 60.7 Å². The lowest BCUT2D eigenvalue weighted by atomic mass is 9.81. The molecule has 0 aromatic heterocycles. The third-order valence-electron chi connectivity index (χ3n) is 5.47. The van der Waals surface area contributed by atoms with Crippen molar-refractivity contribution in [2.24, 2.45) is 0 Å². The number of hydrogen-bond acceptors (Lipinski definition) is 2. The highest BCUT2D eigenvalue weighted by molar-refractivity contribution is 6.48. The van der Waals surface area contributed by atoms with Gasteiger partial charge in [0, 0.05) is 0 Å². The van der Waals surface area contributed by atoms with Crippen LogP contribution in [0.1, 0.15) is 27.7 Å². The van der Waals surface area contributed by atoms with Gasteiger partial charge in [-0.1, -0.05) is 60.1 Å². The third kappa shape index (κ3) is 2.59. The molecule has 0 unspecified atom stereocenters. The Morgan fingerprint density at radius 3 is 2.12 bits per heavy atom. The van der Waals surface area contributed by atoms with E-state index in [4.69, 9.17) is 4.65 Å². The topological polar surface area (TPSA) is 29.5 Å². The summed E-state index contributed by atoms with van der Waals surface area (Å²) in [6.45, 7) is 7.33. The molecule has 1 aliphatic carbocycles. The van der Waals surface area contributed by atoms with Crippen LogP contribution in [0.5, 0.6) is 0 Å². The first-order valence-electron chi connectivity index (χ1n) is 8.68. The molecule has 3 aromatic carbocycles. The average molecular weight is 329 g/mol. The Labute approximate surface area is 149 Å². The summed E-state index contributed by atoms with van der Waals surface area (Å²) in [5.41, 5.74) is 4.50. The van der Waals surface area contributed by atoms with Crippen molar-refractivity contribution < 1.29 is 9.76 Å². The molecular formula is C22H22BO2. The van der Waals surface area contributed by atoms with Crippen molar-refractivity contribution in [2.45, 2.75) is 38.9 Å². The molecule has 0 saturated carbocycles. The first-order chi connectivity index (χ1) is 11.8. The van der Waals surface area contributed by atoms with E-state index in [1.54, 1.807) is 21.3 Å². The molecule has 25 heavy (non-hydrogen) atoms. The van der Waals surface area contributed by atoms with E-state index < -0.39 is 11.2 Å². The fraction of sp³-hybridized carbons (Fsp3) is 0.273. The Morgan fingerprint density at radius 2 is 1.44 bits per heavy atom. The largest absolute Gasteiger partial charge is 0.427 e. The molecule has 2 nitrogen and oxygen atoms in total. The van der Waals surface area contributed by atoms with E-state index in [9.17, 15) is 5.11 Å². The van der Waals surface area contributed by atoms with E-state index in [-0.39, 0.29) is 0 Å². The van der Waals surface area contributed by atoms with Gasteiger partial charge < -0.3 is 9.76 Å². The van der Waals surface area contributed by atoms with Crippen LogP contribution >= 0.6 is 0 Å². The summed E-state index contributed by atoms with van der Waals surface area (Å²) in [6.07, 6.45) is 0. The molecule has 0 bridgehead atoms. The van der Waals surface area contributed by atoms with E-state index >= 15 is 0 Å². The van der Waals surface area contributed by atoms with Crippen LogP contribution in [0.25, 0.3) is 33.0 Å². The number of hydrogen-bond donors (Lipinski definition) is 1. The smallest absolute Gasteiger partial charge is 0.330 e. The maximum absolute atomic E-state index is 10.3. The first-order valence-corrected chi connectivity index (χ1v) is 8.68. The predicted octanol–water partition coefficient (Wildman–Crippen LogP) is 4.30. The van der Waals surface area contributed by atoms with Crippen LogP contribution < -0.4 is 5.46 Å². The van der Waals surface area contributed by atoms with Crippen molar-refractivity contribution in [1.29, 1.82) is 0 Å². The number of aliphatic hydroxyl groups is 1. The molecule has 125 valence electrons. The summed E-state index contributed by atoms with van der Waals surface area (Å²) in [7, 11) is 1.77. The molecule has 0 aliphatic heterocycles. The fourth-order valence-electron chi connectivity index (χ4n) is 3.27. The minimum atomic E-state index is -0.934. The van der Waals surface area contributed by atoms with E-state index in [0.29, 0.717) is 0 Å². The maximum Gasteiger partial charge on any atom is 0.330 e. The maximum atomic E-state index is 10.3. The van der Waals surface area contributed by atoms with Gasteiger partial charge in [0.2, 0.25) is 0 Å². The molecule has 3 heteroatoms. The van der Waals surface area contributed by atoms with Crippen molar-refractivity contribution in [3.63, 3.8) is 0 Å². The van der Waals surface area contributed by atoms with Gasteiger partial charge in [-0.15, -0.1) is 0 Å². The highest BCUT2D eigenvalue weighted by Gasteiger charge is 2.35. The Balaban J connectivity index is 1.77. The fourth-order valence-corrected chi connectivity index (χ4v) is 3.27. The molecule has 0 saturated heterocycles. The zero-order valence-corrected chi connectivity index (χ0v) is 15.1. The van der Waals surface area contributed by atoms with Gasteiger partial charge in [-0.2, -0.15) is 0 Å². The second kappa shape index (κ2) is 5.45. The van der Waals surface area contributed by atoms with Crippen LogP contribution in [-0.4, -0.2) is 23.8 Å². The van der Waals surface area contributed by atoms with E-state index in [0.717, 1.165) is 5.46 Å². The molecular weight excluding hydrogens is 307 g/mol. The SMILES string of the molecule is CC(C)(O)C(C)(C)O[B]c1cc2c3c(cccc3c1)-c1ccccc1-2. The zero-order valence-electron chi connectivity index (χ0n) is 15.1. The Hall–Kier alpha value is -2.10. The van der Waals surface area contributed by atoms with Gasteiger partial charge in [-0.3, -0.25) is 0 Å². The minimum absolute atomic E-state index is 0.679. The van der Waals surface area contributed by atoms with Crippen LogP contribution in [0.2, 0.25) is 0 Å². The molecule has 0 atom stereocenters. The van der Waals surface area contributed by atoms with Crippen LogP contribution in [0, 0.1) is 0 Å². The van der Waals surface area contributed by atoms with Crippen LogP contribution in [-0.2, 0) is 4.65 Å². The van der Waals surface area contributed by atoms with E-state index in [1.165, 1.54) is 33.0 Å². The zero-order chi connectivity index (χ0) is 17.8. The highest BCUT2D eigenvalue weighted by Crippen LogP contribution is 2.46. The van der Waals surface area contributed by atoms with Gasteiger partial charge in [-0.25, -0.2) is 0 Å². The number of fused-ring (bicyclic) bond motifs is 3. The third-order valence-corrected chi connectivity index (χ3v) is 5.47. The molecule has 0 amide bonds. The van der Waals surface area contributed by atoms with Crippen LogP contribution in [0.3, 0.4) is 0 Å². The van der Waals surface area contributed by atoms with Crippen molar-refractivity contribution >= 4 is 23.7 Å². The van der Waals surface area contributed by atoms with Gasteiger partial charge in [0.15, 0.2) is 0 Å². The Kier molecular flexibility index (Phi) is 3.57. The molecule has 4 rings (SSSR count). The molecule has 0 spiro atoms. The highest BCUT2D eigenvalue weighted by atomic mass is 16.5. The van der Waals surface area contributed by atoms with Crippen molar-refractivity contribution in [2.75, 3.05) is 0 Å². The summed E-state index contributed by atoms with van der Waals surface area (Å²) in [5, 5.41) is 12.8. The monoisotopic (exact) mass is 329 g/mol. The normalized spacial score (nSPS) is 13.2. The summed E-state index contributed by atoms with van der Waals surface area (Å²) in [5.74, 6) is 0.